The van der Waals surface area contributed by atoms with Crippen LogP contribution in [0.3, 0.4) is 0 Å². The van der Waals surface area contributed by atoms with Gasteiger partial charge in [-0.1, -0.05) is 75.4 Å². The highest BCUT2D eigenvalue weighted by atomic mass is 16.2. The lowest BCUT2D eigenvalue weighted by Crippen LogP contribution is -2.40. The molecule has 0 bridgehead atoms. The monoisotopic (exact) mass is 393 g/mol. The Morgan fingerprint density at radius 2 is 1.38 bits per heavy atom. The van der Waals surface area contributed by atoms with Gasteiger partial charge < -0.3 is 0 Å². The van der Waals surface area contributed by atoms with Crippen LogP contribution in [0.15, 0.2) is 54.6 Å². The summed E-state index contributed by atoms with van der Waals surface area (Å²) in [6.45, 7) is 7.22. The molecule has 0 unspecified atom stereocenters. The molecular weight excluding hydrogens is 366 g/mol. The number of benzene rings is 2. The molecule has 0 spiro atoms. The van der Waals surface area contributed by atoms with Gasteiger partial charge in [-0.2, -0.15) is 0 Å². The Morgan fingerprint density at radius 3 is 1.97 bits per heavy atom. The SMILES string of the molecule is CN(Cc1ccc(C(C)(C)C)cc1)CN1C(=O)C(=O)N(Cc2ccccc2)C1=O. The summed E-state index contributed by atoms with van der Waals surface area (Å²) in [7, 11) is 1.82. The number of amides is 4. The van der Waals surface area contributed by atoms with E-state index in [2.05, 4.69) is 45.0 Å². The molecule has 1 heterocycles. The number of carbonyl (C=O) groups is 3. The van der Waals surface area contributed by atoms with Crippen molar-refractivity contribution < 1.29 is 14.4 Å². The van der Waals surface area contributed by atoms with Crippen molar-refractivity contribution in [2.75, 3.05) is 13.7 Å². The van der Waals surface area contributed by atoms with Gasteiger partial charge in [-0.15, -0.1) is 0 Å². The molecule has 1 aliphatic heterocycles. The van der Waals surface area contributed by atoms with Crippen LogP contribution in [0, 0.1) is 0 Å². The lowest BCUT2D eigenvalue weighted by Gasteiger charge is -2.23. The van der Waals surface area contributed by atoms with Gasteiger partial charge in [-0.05, 0) is 29.2 Å². The van der Waals surface area contributed by atoms with Crippen molar-refractivity contribution in [1.82, 2.24) is 14.7 Å². The average Bonchev–Trinajstić information content (AvgIpc) is 2.87. The zero-order chi connectivity index (χ0) is 21.2. The first-order chi connectivity index (χ1) is 13.7. The summed E-state index contributed by atoms with van der Waals surface area (Å²) < 4.78 is 0. The molecule has 2 aromatic rings. The number of rotatable bonds is 6. The first-order valence-electron chi connectivity index (χ1n) is 9.66. The van der Waals surface area contributed by atoms with E-state index in [0.29, 0.717) is 6.54 Å². The maximum atomic E-state index is 12.7. The van der Waals surface area contributed by atoms with Gasteiger partial charge in [0.15, 0.2) is 0 Å². The van der Waals surface area contributed by atoms with Crippen molar-refractivity contribution in [3.05, 3.63) is 71.3 Å². The molecule has 3 rings (SSSR count). The molecule has 6 heteroatoms. The van der Waals surface area contributed by atoms with Crippen molar-refractivity contribution in [1.29, 1.82) is 0 Å². The second kappa shape index (κ2) is 8.17. The van der Waals surface area contributed by atoms with Gasteiger partial charge in [0.25, 0.3) is 0 Å². The maximum absolute atomic E-state index is 12.7. The maximum Gasteiger partial charge on any atom is 0.335 e. The Bertz CT molecular complexity index is 901. The number of imide groups is 2. The second-order valence-corrected chi connectivity index (χ2v) is 8.50. The summed E-state index contributed by atoms with van der Waals surface area (Å²) in [5, 5.41) is 0. The third kappa shape index (κ3) is 4.71. The normalized spacial score (nSPS) is 15.0. The number of carbonyl (C=O) groups excluding carboxylic acids is 3. The van der Waals surface area contributed by atoms with Crippen LogP contribution in [-0.2, 0) is 28.1 Å². The van der Waals surface area contributed by atoms with Gasteiger partial charge in [0, 0.05) is 6.54 Å². The smallest absolute Gasteiger partial charge is 0.284 e. The average molecular weight is 393 g/mol. The summed E-state index contributed by atoms with van der Waals surface area (Å²) in [5.74, 6) is -1.55. The molecule has 0 saturated carbocycles. The lowest BCUT2D eigenvalue weighted by atomic mass is 9.87. The predicted molar refractivity (Wildman–Crippen MR) is 111 cm³/mol. The Kier molecular flexibility index (Phi) is 5.84. The minimum Gasteiger partial charge on any atom is -0.284 e. The van der Waals surface area contributed by atoms with Crippen LogP contribution in [0.5, 0.6) is 0 Å². The van der Waals surface area contributed by atoms with Gasteiger partial charge in [0.1, 0.15) is 0 Å². The van der Waals surface area contributed by atoms with Crippen LogP contribution >= 0.6 is 0 Å². The third-order valence-corrected chi connectivity index (χ3v) is 4.97. The Labute approximate surface area is 171 Å². The number of urea groups is 1. The summed E-state index contributed by atoms with van der Waals surface area (Å²) >= 11 is 0. The number of hydrogen-bond acceptors (Lipinski definition) is 4. The lowest BCUT2D eigenvalue weighted by molar-refractivity contribution is -0.144. The number of hydrogen-bond donors (Lipinski definition) is 0. The minimum atomic E-state index is -0.777. The quantitative estimate of drug-likeness (QED) is 0.558. The first-order valence-corrected chi connectivity index (χ1v) is 9.66. The third-order valence-electron chi connectivity index (χ3n) is 4.97. The molecule has 0 atom stereocenters. The largest absolute Gasteiger partial charge is 0.335 e. The molecule has 0 radical (unpaired) electrons. The first kappa shape index (κ1) is 20.7. The molecule has 1 saturated heterocycles. The van der Waals surface area contributed by atoms with Crippen molar-refractivity contribution >= 4 is 17.8 Å². The molecule has 0 N–H and O–H groups in total. The van der Waals surface area contributed by atoms with E-state index < -0.39 is 17.8 Å². The van der Waals surface area contributed by atoms with Crippen molar-refractivity contribution in [3.63, 3.8) is 0 Å². The van der Waals surface area contributed by atoms with Crippen LogP contribution in [-0.4, -0.2) is 46.3 Å². The van der Waals surface area contributed by atoms with E-state index in [1.165, 1.54) is 5.56 Å². The van der Waals surface area contributed by atoms with E-state index in [1.54, 1.807) is 0 Å². The van der Waals surface area contributed by atoms with E-state index in [0.717, 1.165) is 20.9 Å². The van der Waals surface area contributed by atoms with Gasteiger partial charge in [0.05, 0.1) is 13.2 Å². The minimum absolute atomic E-state index is 0.0652. The van der Waals surface area contributed by atoms with Crippen LogP contribution < -0.4 is 0 Å². The standard InChI is InChI=1S/C23H27N3O3/c1-23(2,3)19-12-10-18(11-13-19)14-24(4)16-26-21(28)20(27)25(22(26)29)15-17-8-6-5-7-9-17/h5-13H,14-16H2,1-4H3. The Hall–Kier alpha value is -2.99. The van der Waals surface area contributed by atoms with E-state index >= 15 is 0 Å². The van der Waals surface area contributed by atoms with Crippen LogP contribution in [0.2, 0.25) is 0 Å². The highest BCUT2D eigenvalue weighted by Crippen LogP contribution is 2.23. The molecule has 4 amide bonds. The molecule has 0 aliphatic carbocycles. The fraction of sp³-hybridized carbons (Fsp3) is 0.348. The van der Waals surface area contributed by atoms with Crippen molar-refractivity contribution in [2.24, 2.45) is 0 Å². The zero-order valence-electron chi connectivity index (χ0n) is 17.4. The molecule has 1 fully saturated rings. The van der Waals surface area contributed by atoms with Crippen molar-refractivity contribution in [2.45, 2.75) is 39.3 Å². The summed E-state index contributed by atoms with van der Waals surface area (Å²) in [6.07, 6.45) is 0. The summed E-state index contributed by atoms with van der Waals surface area (Å²) in [4.78, 5) is 41.2. The highest BCUT2D eigenvalue weighted by Gasteiger charge is 2.44. The molecule has 2 aromatic carbocycles. The van der Waals surface area contributed by atoms with Gasteiger partial charge in [0.2, 0.25) is 0 Å². The van der Waals surface area contributed by atoms with Gasteiger partial charge >= 0.3 is 17.8 Å². The summed E-state index contributed by atoms with van der Waals surface area (Å²) in [5.41, 5.74) is 3.21. The highest BCUT2D eigenvalue weighted by molar-refractivity contribution is 6.44. The molecular formula is C23H27N3O3. The van der Waals surface area contributed by atoms with E-state index in [9.17, 15) is 14.4 Å². The Morgan fingerprint density at radius 1 is 0.793 bits per heavy atom. The fourth-order valence-corrected chi connectivity index (χ4v) is 3.29. The predicted octanol–water partition coefficient (Wildman–Crippen LogP) is 3.36. The topological polar surface area (TPSA) is 60.9 Å². The van der Waals surface area contributed by atoms with Crippen LogP contribution in [0.1, 0.15) is 37.5 Å². The molecule has 152 valence electrons. The fourth-order valence-electron chi connectivity index (χ4n) is 3.29. The molecule has 1 aliphatic rings. The van der Waals surface area contributed by atoms with Gasteiger partial charge in [-0.25, -0.2) is 9.69 Å². The van der Waals surface area contributed by atoms with Crippen molar-refractivity contribution in [3.8, 4) is 0 Å². The van der Waals surface area contributed by atoms with Crippen LogP contribution in [0.4, 0.5) is 4.79 Å². The Balaban J connectivity index is 1.64. The molecule has 6 nitrogen and oxygen atoms in total. The number of nitrogens with zero attached hydrogens (tertiary/aromatic N) is 3. The second-order valence-electron chi connectivity index (χ2n) is 8.50. The van der Waals surface area contributed by atoms with E-state index in [1.807, 2.05) is 42.3 Å². The summed E-state index contributed by atoms with van der Waals surface area (Å²) in [6, 6.07) is 16.9. The van der Waals surface area contributed by atoms with Crippen LogP contribution in [0.25, 0.3) is 0 Å². The molecule has 29 heavy (non-hydrogen) atoms. The van der Waals surface area contributed by atoms with E-state index in [-0.39, 0.29) is 18.6 Å². The molecule has 0 aromatic heterocycles. The zero-order valence-corrected chi connectivity index (χ0v) is 17.4. The van der Waals surface area contributed by atoms with E-state index in [4.69, 9.17) is 0 Å². The van der Waals surface area contributed by atoms with Gasteiger partial charge in [-0.3, -0.25) is 19.4 Å².